The van der Waals surface area contributed by atoms with Gasteiger partial charge in [-0.1, -0.05) is 44.2 Å². The molecule has 0 saturated carbocycles. The first-order chi connectivity index (χ1) is 13.7. The van der Waals surface area contributed by atoms with Crippen LogP contribution in [0.3, 0.4) is 0 Å². The number of hydrogen-bond donors (Lipinski definition) is 1. The highest BCUT2D eigenvalue weighted by Gasteiger charge is 2.19. The van der Waals surface area contributed by atoms with E-state index in [0.29, 0.717) is 10.3 Å². The molecule has 0 saturated heterocycles. The number of rotatable bonds is 4. The number of pyridine rings is 1. The average molecular weight is 426 g/mol. The summed E-state index contributed by atoms with van der Waals surface area (Å²) in [7, 11) is 0. The first kappa shape index (κ1) is 19.8. The van der Waals surface area contributed by atoms with E-state index < -0.39 is 0 Å². The van der Waals surface area contributed by atoms with Crippen molar-refractivity contribution in [2.75, 3.05) is 11.1 Å². The number of aromatic nitrogens is 4. The Morgan fingerprint density at radius 1 is 1.21 bits per heavy atom. The molecular formula is C21H23N5OS2. The van der Waals surface area contributed by atoms with Crippen LogP contribution in [0, 0.1) is 13.8 Å². The molecule has 1 N–H and O–H groups in total. The number of hydrogen-bond acceptors (Lipinski definition) is 6. The van der Waals surface area contributed by atoms with E-state index in [2.05, 4.69) is 72.5 Å². The molecule has 0 aliphatic carbocycles. The van der Waals surface area contributed by atoms with E-state index in [-0.39, 0.29) is 17.1 Å². The fourth-order valence-corrected chi connectivity index (χ4v) is 4.79. The maximum absolute atomic E-state index is 12.5. The predicted octanol–water partition coefficient (Wildman–Crippen LogP) is 4.98. The van der Waals surface area contributed by atoms with E-state index in [9.17, 15) is 4.79 Å². The summed E-state index contributed by atoms with van der Waals surface area (Å²) >= 11 is 2.83. The van der Waals surface area contributed by atoms with Crippen LogP contribution in [0.25, 0.3) is 16.6 Å². The van der Waals surface area contributed by atoms with Gasteiger partial charge in [0.1, 0.15) is 0 Å². The zero-order valence-electron chi connectivity index (χ0n) is 17.1. The van der Waals surface area contributed by atoms with Gasteiger partial charge in [0, 0.05) is 10.8 Å². The SMILES string of the molecule is Cc1ccc2c(c1)cc(C)c1nnc(SCC(=O)Nc3nc(C(C)(C)C)cs3)n12. The normalized spacial score (nSPS) is 12.0. The minimum Gasteiger partial charge on any atom is -0.301 e. The largest absolute Gasteiger partial charge is 0.301 e. The summed E-state index contributed by atoms with van der Waals surface area (Å²) < 4.78 is 2.03. The van der Waals surface area contributed by atoms with Crippen molar-refractivity contribution in [2.24, 2.45) is 0 Å². The molecular weight excluding hydrogens is 402 g/mol. The highest BCUT2D eigenvalue weighted by atomic mass is 32.2. The van der Waals surface area contributed by atoms with Crippen molar-refractivity contribution in [1.29, 1.82) is 0 Å². The second-order valence-electron chi connectivity index (χ2n) is 8.16. The van der Waals surface area contributed by atoms with E-state index in [4.69, 9.17) is 0 Å². The fraction of sp³-hybridized carbons (Fsp3) is 0.333. The molecule has 1 aromatic carbocycles. The second kappa shape index (κ2) is 7.42. The third kappa shape index (κ3) is 4.00. The number of aryl methyl sites for hydroxylation is 2. The van der Waals surface area contributed by atoms with Gasteiger partial charge in [0.05, 0.1) is 17.0 Å². The molecule has 0 bridgehead atoms. The third-order valence-electron chi connectivity index (χ3n) is 4.63. The van der Waals surface area contributed by atoms with Crippen LogP contribution >= 0.6 is 23.1 Å². The van der Waals surface area contributed by atoms with Gasteiger partial charge in [-0.3, -0.25) is 9.20 Å². The van der Waals surface area contributed by atoms with Crippen molar-refractivity contribution >= 4 is 50.7 Å². The number of carbonyl (C=O) groups excluding carboxylic acids is 1. The Morgan fingerprint density at radius 2 is 2.00 bits per heavy atom. The number of anilines is 1. The molecule has 0 radical (unpaired) electrons. The molecule has 0 atom stereocenters. The van der Waals surface area contributed by atoms with Crippen molar-refractivity contribution in [3.05, 3.63) is 46.5 Å². The molecule has 0 unspecified atom stereocenters. The zero-order valence-corrected chi connectivity index (χ0v) is 18.7. The molecule has 0 fully saturated rings. The Bertz CT molecular complexity index is 1220. The molecule has 1 amide bonds. The summed E-state index contributed by atoms with van der Waals surface area (Å²) in [5, 5.41) is 16.0. The van der Waals surface area contributed by atoms with E-state index >= 15 is 0 Å². The number of thiazole rings is 1. The molecule has 4 aromatic rings. The van der Waals surface area contributed by atoms with Gasteiger partial charge < -0.3 is 5.32 Å². The lowest BCUT2D eigenvalue weighted by atomic mass is 9.93. The number of thioether (sulfide) groups is 1. The smallest absolute Gasteiger partial charge is 0.236 e. The van der Waals surface area contributed by atoms with Gasteiger partial charge >= 0.3 is 0 Å². The van der Waals surface area contributed by atoms with Crippen LogP contribution in [0.2, 0.25) is 0 Å². The second-order valence-corrected chi connectivity index (χ2v) is 9.96. The lowest BCUT2D eigenvalue weighted by molar-refractivity contribution is -0.113. The molecule has 0 aliphatic rings. The van der Waals surface area contributed by atoms with Gasteiger partial charge in [-0.2, -0.15) is 0 Å². The molecule has 0 aliphatic heterocycles. The first-order valence-electron chi connectivity index (χ1n) is 9.36. The van der Waals surface area contributed by atoms with Crippen LogP contribution in [0.4, 0.5) is 5.13 Å². The van der Waals surface area contributed by atoms with Gasteiger partial charge in [0.15, 0.2) is 15.9 Å². The van der Waals surface area contributed by atoms with Gasteiger partial charge in [-0.05, 0) is 43.0 Å². The summed E-state index contributed by atoms with van der Waals surface area (Å²) in [5.74, 6) is 0.140. The van der Waals surface area contributed by atoms with Crippen LogP contribution in [0.1, 0.15) is 37.6 Å². The number of nitrogens with zero attached hydrogens (tertiary/aromatic N) is 4. The number of amides is 1. The summed E-state index contributed by atoms with van der Waals surface area (Å²) in [6, 6.07) is 8.43. The average Bonchev–Trinajstić information content (AvgIpc) is 3.27. The summed E-state index contributed by atoms with van der Waals surface area (Å²) in [4.78, 5) is 17.0. The molecule has 150 valence electrons. The monoisotopic (exact) mass is 425 g/mol. The third-order valence-corrected chi connectivity index (χ3v) is 6.32. The Hall–Kier alpha value is -2.45. The topological polar surface area (TPSA) is 72.2 Å². The fourth-order valence-electron chi connectivity index (χ4n) is 3.09. The van der Waals surface area contributed by atoms with Crippen LogP contribution in [-0.4, -0.2) is 31.2 Å². The quantitative estimate of drug-likeness (QED) is 0.467. The minimum absolute atomic E-state index is 0.0358. The standard InChI is InChI=1S/C21H23N5OS2/c1-12-6-7-15-14(8-12)9-13(2)18-24-25-20(26(15)18)29-11-17(27)23-19-22-16(10-28-19)21(3,4)5/h6-10H,11H2,1-5H3,(H,22,23,27). The number of fused-ring (bicyclic) bond motifs is 3. The van der Waals surface area contributed by atoms with E-state index in [1.54, 1.807) is 0 Å². The Balaban J connectivity index is 1.55. The van der Waals surface area contributed by atoms with Crippen LogP contribution in [0.15, 0.2) is 34.8 Å². The van der Waals surface area contributed by atoms with Gasteiger partial charge in [0.2, 0.25) is 5.91 Å². The highest BCUT2D eigenvalue weighted by molar-refractivity contribution is 7.99. The molecule has 0 spiro atoms. The predicted molar refractivity (Wildman–Crippen MR) is 120 cm³/mol. The number of nitrogens with one attached hydrogen (secondary N) is 1. The summed E-state index contributed by atoms with van der Waals surface area (Å²) in [5.41, 5.74) is 5.07. The highest BCUT2D eigenvalue weighted by Crippen LogP contribution is 2.28. The lowest BCUT2D eigenvalue weighted by Gasteiger charge is -2.14. The molecule has 29 heavy (non-hydrogen) atoms. The Kier molecular flexibility index (Phi) is 5.08. The molecule has 8 heteroatoms. The van der Waals surface area contributed by atoms with Crippen molar-refractivity contribution in [2.45, 2.75) is 45.2 Å². The summed E-state index contributed by atoms with van der Waals surface area (Å²) in [6.45, 7) is 10.4. The van der Waals surface area contributed by atoms with Crippen LogP contribution in [0.5, 0.6) is 0 Å². The number of benzene rings is 1. The zero-order chi connectivity index (χ0) is 20.8. The van der Waals surface area contributed by atoms with Crippen LogP contribution in [-0.2, 0) is 10.2 Å². The van der Waals surface area contributed by atoms with E-state index in [1.165, 1.54) is 28.7 Å². The maximum atomic E-state index is 12.5. The van der Waals surface area contributed by atoms with Crippen molar-refractivity contribution in [3.8, 4) is 0 Å². The molecule has 3 heterocycles. The van der Waals surface area contributed by atoms with Crippen molar-refractivity contribution in [1.82, 2.24) is 19.6 Å². The maximum Gasteiger partial charge on any atom is 0.236 e. The van der Waals surface area contributed by atoms with Crippen molar-refractivity contribution < 1.29 is 4.79 Å². The van der Waals surface area contributed by atoms with Crippen molar-refractivity contribution in [3.63, 3.8) is 0 Å². The van der Waals surface area contributed by atoms with Gasteiger partial charge in [-0.25, -0.2) is 4.98 Å². The Morgan fingerprint density at radius 3 is 2.72 bits per heavy atom. The van der Waals surface area contributed by atoms with E-state index in [0.717, 1.165) is 27.8 Å². The number of carbonyl (C=O) groups is 1. The summed E-state index contributed by atoms with van der Waals surface area (Å²) in [6.07, 6.45) is 0. The molecule has 4 rings (SSSR count). The Labute approximate surface area is 177 Å². The molecule has 6 nitrogen and oxygen atoms in total. The lowest BCUT2D eigenvalue weighted by Crippen LogP contribution is -2.15. The van der Waals surface area contributed by atoms with E-state index in [1.807, 2.05) is 16.7 Å². The van der Waals surface area contributed by atoms with Gasteiger partial charge in [0.25, 0.3) is 0 Å². The first-order valence-corrected chi connectivity index (χ1v) is 11.2. The molecule has 3 aromatic heterocycles. The minimum atomic E-state index is -0.102. The van der Waals surface area contributed by atoms with Gasteiger partial charge in [-0.15, -0.1) is 21.5 Å². The van der Waals surface area contributed by atoms with Crippen LogP contribution < -0.4 is 5.32 Å².